The summed E-state index contributed by atoms with van der Waals surface area (Å²) in [6, 6.07) is 0. The van der Waals surface area contributed by atoms with Crippen molar-refractivity contribution in [3.05, 3.63) is 37.1 Å². The average Bonchev–Trinajstić information content (AvgIpc) is 3.28. The summed E-state index contributed by atoms with van der Waals surface area (Å²) in [6.07, 6.45) is -3.45. The summed E-state index contributed by atoms with van der Waals surface area (Å²) in [6.45, 7) is 0.988. The quantitative estimate of drug-likeness (QED) is 0.137. The van der Waals surface area contributed by atoms with Crippen molar-refractivity contribution in [2.75, 3.05) is 43.0 Å². The number of aliphatic hydroxyl groups is 2. The van der Waals surface area contributed by atoms with E-state index in [1.54, 1.807) is 7.05 Å². The number of imidazole rings is 1. The van der Waals surface area contributed by atoms with Crippen LogP contribution >= 0.6 is 0 Å². The number of aliphatic hydroxyl groups excluding tert-OH is 2. The fourth-order valence-corrected chi connectivity index (χ4v) is 3.50. The van der Waals surface area contributed by atoms with Crippen LogP contribution in [0.5, 0.6) is 0 Å². The molecule has 14 heteroatoms. The SMILES string of the molecule is CNCCNc1c(NC[C@H]2O[C@@H](n3cnc4c(=O)[nH]c(N)nc43)[C@H](O)[C@H]2O)c(=O)c1=O. The van der Waals surface area contributed by atoms with Gasteiger partial charge >= 0.3 is 0 Å². The van der Waals surface area contributed by atoms with Gasteiger partial charge in [-0.15, -0.1) is 0 Å². The second kappa shape index (κ2) is 8.07. The number of nitrogens with zero attached hydrogens (tertiary/aromatic N) is 3. The van der Waals surface area contributed by atoms with Crippen LogP contribution in [0.2, 0.25) is 0 Å². The largest absolute Gasteiger partial charge is 0.387 e. The number of nitrogens with two attached hydrogens (primary N) is 1. The molecule has 1 aliphatic heterocycles. The zero-order valence-corrected chi connectivity index (χ0v) is 16.5. The van der Waals surface area contributed by atoms with E-state index in [0.29, 0.717) is 13.1 Å². The van der Waals surface area contributed by atoms with Gasteiger partial charge in [0.2, 0.25) is 5.95 Å². The van der Waals surface area contributed by atoms with Crippen molar-refractivity contribution in [2.45, 2.75) is 24.5 Å². The summed E-state index contributed by atoms with van der Waals surface area (Å²) >= 11 is 0. The zero-order valence-electron chi connectivity index (χ0n) is 16.5. The third kappa shape index (κ3) is 3.54. The van der Waals surface area contributed by atoms with Crippen molar-refractivity contribution in [2.24, 2.45) is 0 Å². The maximum Gasteiger partial charge on any atom is 0.280 e. The highest BCUT2D eigenvalue weighted by molar-refractivity contribution is 5.74. The first-order valence-corrected chi connectivity index (χ1v) is 9.53. The van der Waals surface area contributed by atoms with E-state index in [9.17, 15) is 24.6 Å². The standard InChI is InChI=1S/C17H22N8O6/c1-19-2-3-20-7-8(12(28)11(7)27)21-4-6-10(26)13(29)16(31-6)25-5-22-9-14(25)23-17(18)24-15(9)30/h5-6,10,13,16,19-21,26,29H,2-4H2,1H3,(H3,18,23,24,30)/t6-,10+,13-,16-/m1/s1. The van der Waals surface area contributed by atoms with Crippen molar-refractivity contribution in [1.29, 1.82) is 0 Å². The lowest BCUT2D eigenvalue weighted by molar-refractivity contribution is -0.0312. The molecule has 0 radical (unpaired) electrons. The number of ether oxygens (including phenoxy) is 1. The molecule has 2 aromatic heterocycles. The molecule has 0 spiro atoms. The van der Waals surface area contributed by atoms with E-state index in [2.05, 4.69) is 30.9 Å². The van der Waals surface area contributed by atoms with Crippen LogP contribution in [-0.4, -0.2) is 74.7 Å². The van der Waals surface area contributed by atoms with E-state index >= 15 is 0 Å². The molecular weight excluding hydrogens is 412 g/mol. The highest BCUT2D eigenvalue weighted by Gasteiger charge is 2.44. The Bertz CT molecular complexity index is 1230. The first kappa shape index (κ1) is 20.9. The molecule has 3 aromatic rings. The van der Waals surface area contributed by atoms with Gasteiger partial charge in [0, 0.05) is 19.6 Å². The summed E-state index contributed by atoms with van der Waals surface area (Å²) in [4.78, 5) is 45.9. The maximum atomic E-state index is 11.9. The minimum Gasteiger partial charge on any atom is -0.387 e. The van der Waals surface area contributed by atoms with E-state index in [4.69, 9.17) is 10.5 Å². The van der Waals surface area contributed by atoms with Crippen LogP contribution in [0.3, 0.4) is 0 Å². The Morgan fingerprint density at radius 1 is 1.16 bits per heavy atom. The summed E-state index contributed by atoms with van der Waals surface area (Å²) in [7, 11) is 1.76. The van der Waals surface area contributed by atoms with Crippen LogP contribution in [0, 0.1) is 0 Å². The van der Waals surface area contributed by atoms with Crippen molar-refractivity contribution < 1.29 is 14.9 Å². The summed E-state index contributed by atoms with van der Waals surface area (Å²) in [5.74, 6) is -0.135. The number of likely N-dealkylation sites (N-methyl/N-ethyl adjacent to an activating group) is 1. The van der Waals surface area contributed by atoms with Crippen molar-refractivity contribution in [1.82, 2.24) is 24.8 Å². The van der Waals surface area contributed by atoms with Gasteiger partial charge < -0.3 is 36.6 Å². The third-order valence-electron chi connectivity index (χ3n) is 5.13. The molecule has 1 aromatic carbocycles. The van der Waals surface area contributed by atoms with Gasteiger partial charge in [-0.3, -0.25) is 23.9 Å². The Balaban J connectivity index is 1.50. The Labute approximate surface area is 173 Å². The predicted molar refractivity (Wildman–Crippen MR) is 111 cm³/mol. The molecule has 4 atom stereocenters. The van der Waals surface area contributed by atoms with Gasteiger partial charge in [-0.2, -0.15) is 4.98 Å². The van der Waals surface area contributed by atoms with Gasteiger partial charge in [0.1, 0.15) is 29.7 Å². The van der Waals surface area contributed by atoms with Gasteiger partial charge in [-0.1, -0.05) is 0 Å². The molecule has 166 valence electrons. The third-order valence-corrected chi connectivity index (χ3v) is 5.13. The number of fused-ring (bicyclic) bond motifs is 1. The molecule has 31 heavy (non-hydrogen) atoms. The second-order valence-electron chi connectivity index (χ2n) is 7.14. The molecule has 0 saturated carbocycles. The average molecular weight is 434 g/mol. The van der Waals surface area contributed by atoms with Crippen molar-refractivity contribution >= 4 is 28.5 Å². The van der Waals surface area contributed by atoms with Crippen LogP contribution in [0.1, 0.15) is 6.23 Å². The topological polar surface area (TPSA) is 210 Å². The van der Waals surface area contributed by atoms with Crippen LogP contribution < -0.4 is 38.1 Å². The van der Waals surface area contributed by atoms with Gasteiger partial charge in [-0.05, 0) is 7.05 Å². The number of anilines is 3. The second-order valence-corrected chi connectivity index (χ2v) is 7.14. The van der Waals surface area contributed by atoms with E-state index in [1.165, 1.54) is 10.9 Å². The summed E-state index contributed by atoms with van der Waals surface area (Å²) in [5.41, 5.74) is 4.10. The van der Waals surface area contributed by atoms with E-state index in [1.807, 2.05) is 0 Å². The van der Waals surface area contributed by atoms with Gasteiger partial charge in [-0.25, -0.2) is 4.98 Å². The van der Waals surface area contributed by atoms with Crippen molar-refractivity contribution in [3.8, 4) is 0 Å². The number of nitrogen functional groups attached to an aromatic ring is 1. The van der Waals surface area contributed by atoms with Crippen LogP contribution in [-0.2, 0) is 4.74 Å². The van der Waals surface area contributed by atoms with Gasteiger partial charge in [0.05, 0.1) is 6.33 Å². The minimum absolute atomic E-state index is 0.00193. The first-order chi connectivity index (χ1) is 14.8. The van der Waals surface area contributed by atoms with Gasteiger partial charge in [0.25, 0.3) is 16.4 Å². The molecule has 1 fully saturated rings. The van der Waals surface area contributed by atoms with Gasteiger partial charge in [0.15, 0.2) is 17.4 Å². The number of aromatic amines is 1. The molecular formula is C17H22N8O6. The smallest absolute Gasteiger partial charge is 0.280 e. The fourth-order valence-electron chi connectivity index (χ4n) is 3.50. The molecule has 1 saturated heterocycles. The molecule has 8 N–H and O–H groups in total. The molecule has 0 unspecified atom stereocenters. The highest BCUT2D eigenvalue weighted by Crippen LogP contribution is 2.31. The monoisotopic (exact) mass is 434 g/mol. The fraction of sp³-hybridized carbons (Fsp3) is 0.471. The zero-order chi connectivity index (χ0) is 22.3. The summed E-state index contributed by atoms with van der Waals surface area (Å²) < 4.78 is 7.05. The Morgan fingerprint density at radius 3 is 2.58 bits per heavy atom. The van der Waals surface area contributed by atoms with E-state index in [-0.39, 0.29) is 35.0 Å². The highest BCUT2D eigenvalue weighted by atomic mass is 16.6. The van der Waals surface area contributed by atoms with E-state index < -0.39 is 41.0 Å². The molecule has 14 nitrogen and oxygen atoms in total. The molecule has 1 aliphatic rings. The van der Waals surface area contributed by atoms with Crippen LogP contribution in [0.4, 0.5) is 17.3 Å². The first-order valence-electron chi connectivity index (χ1n) is 9.53. The number of nitrogens with one attached hydrogen (secondary N) is 4. The number of H-pyrrole nitrogens is 1. The van der Waals surface area contributed by atoms with Crippen LogP contribution in [0.25, 0.3) is 11.2 Å². The Hall–Kier alpha value is -3.33. The molecule has 0 bridgehead atoms. The number of rotatable bonds is 8. The van der Waals surface area contributed by atoms with E-state index in [0.717, 1.165) is 0 Å². The minimum atomic E-state index is -1.37. The lowest BCUT2D eigenvalue weighted by atomic mass is 10.1. The molecule has 0 aliphatic carbocycles. The Morgan fingerprint density at radius 2 is 1.87 bits per heavy atom. The van der Waals surface area contributed by atoms with Crippen LogP contribution in [0.15, 0.2) is 20.7 Å². The predicted octanol–water partition coefficient (Wildman–Crippen LogP) is -3.34. The molecule has 3 heterocycles. The lowest BCUT2D eigenvalue weighted by Gasteiger charge is -2.19. The Kier molecular flexibility index (Phi) is 5.45. The normalized spacial score (nSPS) is 23.6. The molecule has 0 amide bonds. The summed E-state index contributed by atoms with van der Waals surface area (Å²) in [5, 5.41) is 29.5. The lowest BCUT2D eigenvalue weighted by Crippen LogP contribution is -2.41. The molecule has 4 rings (SSSR count). The number of hydrogen-bond acceptors (Lipinski definition) is 12. The van der Waals surface area contributed by atoms with Crippen molar-refractivity contribution in [3.63, 3.8) is 0 Å². The number of hydrogen-bond donors (Lipinski definition) is 7. The number of aromatic nitrogens is 4. The maximum absolute atomic E-state index is 11.9.